The van der Waals surface area contributed by atoms with E-state index < -0.39 is 0 Å². The number of hydrogen-bond acceptors (Lipinski definition) is 3. The molecule has 0 aliphatic heterocycles. The highest BCUT2D eigenvalue weighted by Gasteiger charge is 2.04. The number of fused-ring (bicyclic) bond motifs is 1. The Morgan fingerprint density at radius 3 is 3.00 bits per heavy atom. The van der Waals surface area contributed by atoms with E-state index in [2.05, 4.69) is 10.2 Å². The normalized spacial score (nSPS) is 10.5. The predicted octanol–water partition coefficient (Wildman–Crippen LogP) is 1.35. The quantitative estimate of drug-likeness (QED) is 0.642. The molecule has 0 aliphatic rings. The van der Waals surface area contributed by atoms with E-state index in [0.717, 1.165) is 10.9 Å². The lowest BCUT2D eigenvalue weighted by atomic mass is 10.1. The Kier molecular flexibility index (Phi) is 1.55. The van der Waals surface area contributed by atoms with Crippen molar-refractivity contribution in [3.05, 3.63) is 23.8 Å². The van der Waals surface area contributed by atoms with E-state index in [1.807, 2.05) is 0 Å². The van der Waals surface area contributed by atoms with Gasteiger partial charge in [0.1, 0.15) is 0 Å². The van der Waals surface area contributed by atoms with E-state index in [9.17, 15) is 4.79 Å². The fourth-order valence-corrected chi connectivity index (χ4v) is 1.26. The molecule has 0 saturated carbocycles. The number of aromatic amines is 1. The molecule has 0 unspecified atom stereocenters. The monoisotopic (exact) mass is 175 g/mol. The summed E-state index contributed by atoms with van der Waals surface area (Å²) < 4.78 is 0. The average molecular weight is 175 g/mol. The van der Waals surface area contributed by atoms with Crippen molar-refractivity contribution in [2.45, 2.75) is 6.92 Å². The fourth-order valence-electron chi connectivity index (χ4n) is 1.26. The first kappa shape index (κ1) is 7.79. The van der Waals surface area contributed by atoms with Gasteiger partial charge in [-0.1, -0.05) is 6.07 Å². The molecular formula is C9H9N3O. The third kappa shape index (κ3) is 1.16. The van der Waals surface area contributed by atoms with Crippen LogP contribution in [0.1, 0.15) is 17.3 Å². The highest BCUT2D eigenvalue weighted by atomic mass is 16.1. The summed E-state index contributed by atoms with van der Waals surface area (Å²) in [6.07, 6.45) is 0. The summed E-state index contributed by atoms with van der Waals surface area (Å²) in [7, 11) is 0. The van der Waals surface area contributed by atoms with E-state index in [1.165, 1.54) is 6.92 Å². The zero-order valence-electron chi connectivity index (χ0n) is 7.16. The van der Waals surface area contributed by atoms with E-state index in [4.69, 9.17) is 5.73 Å². The molecule has 13 heavy (non-hydrogen) atoms. The zero-order valence-corrected chi connectivity index (χ0v) is 7.16. The number of carbonyl (C=O) groups excluding carboxylic acids is 1. The Morgan fingerprint density at radius 1 is 1.54 bits per heavy atom. The number of nitrogen functional groups attached to an aromatic ring is 1. The Balaban J connectivity index is 2.70. The summed E-state index contributed by atoms with van der Waals surface area (Å²) in [6, 6.07) is 5.29. The number of nitrogens with zero attached hydrogens (tertiary/aromatic N) is 1. The van der Waals surface area contributed by atoms with Gasteiger partial charge in [0.25, 0.3) is 0 Å². The van der Waals surface area contributed by atoms with Gasteiger partial charge in [0.2, 0.25) is 0 Å². The number of hydrogen-bond donors (Lipinski definition) is 2. The van der Waals surface area contributed by atoms with Crippen LogP contribution in [0.25, 0.3) is 10.9 Å². The van der Waals surface area contributed by atoms with Gasteiger partial charge in [0.05, 0.1) is 5.52 Å². The van der Waals surface area contributed by atoms with Crippen molar-refractivity contribution >= 4 is 22.5 Å². The van der Waals surface area contributed by atoms with E-state index in [1.54, 1.807) is 18.2 Å². The van der Waals surface area contributed by atoms with Crippen LogP contribution in [0.2, 0.25) is 0 Å². The number of nitrogens with two attached hydrogens (primary N) is 1. The first-order chi connectivity index (χ1) is 6.18. The number of aromatic nitrogens is 2. The first-order valence-electron chi connectivity index (χ1n) is 3.93. The van der Waals surface area contributed by atoms with E-state index in [-0.39, 0.29) is 5.78 Å². The van der Waals surface area contributed by atoms with Crippen LogP contribution in [0.5, 0.6) is 0 Å². The van der Waals surface area contributed by atoms with Crippen LogP contribution in [0.4, 0.5) is 5.82 Å². The number of Topliss-reactive ketones (excluding diaryl/α,β-unsaturated/α-hetero) is 1. The summed E-state index contributed by atoms with van der Waals surface area (Å²) >= 11 is 0. The molecule has 66 valence electrons. The Labute approximate surface area is 74.7 Å². The summed E-state index contributed by atoms with van der Waals surface area (Å²) in [5.41, 5.74) is 7.03. The van der Waals surface area contributed by atoms with Crippen LogP contribution in [0.15, 0.2) is 18.2 Å². The van der Waals surface area contributed by atoms with Crippen molar-refractivity contribution in [2.75, 3.05) is 5.73 Å². The maximum absolute atomic E-state index is 11.0. The molecular weight excluding hydrogens is 166 g/mol. The largest absolute Gasteiger partial charge is 0.382 e. The van der Waals surface area contributed by atoms with Crippen LogP contribution in [-0.2, 0) is 0 Å². The minimum absolute atomic E-state index is 0.0371. The molecule has 1 aromatic heterocycles. The van der Waals surface area contributed by atoms with Crippen LogP contribution in [0, 0.1) is 0 Å². The molecule has 1 heterocycles. The predicted molar refractivity (Wildman–Crippen MR) is 50.5 cm³/mol. The minimum atomic E-state index is 0.0371. The smallest absolute Gasteiger partial charge is 0.159 e. The molecule has 4 heteroatoms. The van der Waals surface area contributed by atoms with Crippen molar-refractivity contribution in [1.29, 1.82) is 0 Å². The topological polar surface area (TPSA) is 71.8 Å². The zero-order chi connectivity index (χ0) is 9.42. The van der Waals surface area contributed by atoms with Crippen LogP contribution in [0.3, 0.4) is 0 Å². The molecule has 0 fully saturated rings. The van der Waals surface area contributed by atoms with Gasteiger partial charge in [-0.3, -0.25) is 9.89 Å². The molecule has 0 bridgehead atoms. The molecule has 3 N–H and O–H groups in total. The van der Waals surface area contributed by atoms with Gasteiger partial charge < -0.3 is 5.73 Å². The van der Waals surface area contributed by atoms with Gasteiger partial charge in [-0.05, 0) is 19.1 Å². The molecule has 0 amide bonds. The van der Waals surface area contributed by atoms with Crippen molar-refractivity contribution in [3.8, 4) is 0 Å². The van der Waals surface area contributed by atoms with Crippen molar-refractivity contribution < 1.29 is 4.79 Å². The number of H-pyrrole nitrogens is 1. The standard InChI is InChI=1S/C9H9N3O/c1-5(13)6-2-3-7-8(4-6)11-12-9(7)10/h2-4H,1H3,(H3,10,11,12). The van der Waals surface area contributed by atoms with Crippen molar-refractivity contribution in [1.82, 2.24) is 10.2 Å². The fraction of sp³-hybridized carbons (Fsp3) is 0.111. The lowest BCUT2D eigenvalue weighted by molar-refractivity contribution is 0.101. The Hall–Kier alpha value is -1.84. The van der Waals surface area contributed by atoms with Crippen LogP contribution < -0.4 is 5.73 Å². The van der Waals surface area contributed by atoms with Crippen molar-refractivity contribution in [3.63, 3.8) is 0 Å². The average Bonchev–Trinajstić information content (AvgIpc) is 2.47. The molecule has 0 atom stereocenters. The molecule has 0 saturated heterocycles. The number of benzene rings is 1. The molecule has 2 rings (SSSR count). The van der Waals surface area contributed by atoms with Gasteiger partial charge in [0, 0.05) is 10.9 Å². The number of anilines is 1. The molecule has 4 nitrogen and oxygen atoms in total. The second kappa shape index (κ2) is 2.58. The molecule has 0 radical (unpaired) electrons. The van der Waals surface area contributed by atoms with E-state index >= 15 is 0 Å². The number of ketones is 1. The SMILES string of the molecule is CC(=O)c1ccc2c(N)n[nH]c2c1. The van der Waals surface area contributed by atoms with Gasteiger partial charge in [-0.15, -0.1) is 0 Å². The van der Waals surface area contributed by atoms with Gasteiger partial charge >= 0.3 is 0 Å². The lowest BCUT2D eigenvalue weighted by Crippen LogP contribution is -1.90. The maximum Gasteiger partial charge on any atom is 0.159 e. The molecule has 0 spiro atoms. The highest BCUT2D eigenvalue weighted by molar-refractivity contribution is 5.99. The van der Waals surface area contributed by atoms with Crippen LogP contribution >= 0.6 is 0 Å². The van der Waals surface area contributed by atoms with E-state index in [0.29, 0.717) is 11.4 Å². The van der Waals surface area contributed by atoms with Crippen LogP contribution in [-0.4, -0.2) is 16.0 Å². The summed E-state index contributed by atoms with van der Waals surface area (Å²) in [5.74, 6) is 0.500. The first-order valence-corrected chi connectivity index (χ1v) is 3.93. The Morgan fingerprint density at radius 2 is 2.31 bits per heavy atom. The molecule has 2 aromatic rings. The highest BCUT2D eigenvalue weighted by Crippen LogP contribution is 2.18. The molecule has 1 aromatic carbocycles. The van der Waals surface area contributed by atoms with Gasteiger partial charge in [-0.2, -0.15) is 5.10 Å². The summed E-state index contributed by atoms with van der Waals surface area (Å²) in [5, 5.41) is 7.45. The maximum atomic E-state index is 11.0. The number of nitrogens with one attached hydrogen (secondary N) is 1. The number of carbonyl (C=O) groups is 1. The van der Waals surface area contributed by atoms with Crippen molar-refractivity contribution in [2.24, 2.45) is 0 Å². The lowest BCUT2D eigenvalue weighted by Gasteiger charge is -1.94. The minimum Gasteiger partial charge on any atom is -0.382 e. The summed E-state index contributed by atoms with van der Waals surface area (Å²) in [6.45, 7) is 1.53. The van der Waals surface area contributed by atoms with Gasteiger partial charge in [0.15, 0.2) is 11.6 Å². The van der Waals surface area contributed by atoms with Gasteiger partial charge in [-0.25, -0.2) is 0 Å². The number of rotatable bonds is 1. The Bertz CT molecular complexity index is 473. The second-order valence-corrected chi connectivity index (χ2v) is 2.93. The third-order valence-electron chi connectivity index (χ3n) is 2.00. The molecule has 0 aliphatic carbocycles. The summed E-state index contributed by atoms with van der Waals surface area (Å²) in [4.78, 5) is 11.0. The third-order valence-corrected chi connectivity index (χ3v) is 2.00. The second-order valence-electron chi connectivity index (χ2n) is 2.93.